The van der Waals surface area contributed by atoms with E-state index in [1.165, 1.54) is 0 Å². The molecule has 22 heteroatoms. The highest BCUT2D eigenvalue weighted by atomic mass is 32.1. The second kappa shape index (κ2) is 9.13. The standard InChI is InChI=1S/C9H13F2N2O13P3S2/c10-2-9(15)4(14)6(23-7(9)13-1-3(11)5(30)12-8(13)31)24-28(19,20)26-29(21,22)25-27(16,17)18/h1,4,6-7,14-15H,2H2,(H,19,20)(H,21,22)(H,12,30,31)(H2,16,17,18)/t4-,6+,7+,9?/m0/s1. The number of aromatic amines is 1. The number of rotatable bonds is 8. The molecule has 0 radical (unpaired) electrons. The van der Waals surface area contributed by atoms with E-state index >= 15 is 0 Å². The fraction of sp³-hybridized carbons (Fsp3) is 0.556. The summed E-state index contributed by atoms with van der Waals surface area (Å²) in [5, 5.41) is 20.5. The molecule has 0 aromatic carbocycles. The minimum absolute atomic E-state index is 0.436. The average Bonchev–Trinajstić information content (AvgIpc) is 2.79. The van der Waals surface area contributed by atoms with Crippen molar-refractivity contribution >= 4 is 47.9 Å². The van der Waals surface area contributed by atoms with E-state index in [1.807, 2.05) is 0 Å². The lowest BCUT2D eigenvalue weighted by atomic mass is 9.98. The first-order valence-electron chi connectivity index (χ1n) is 7.36. The number of aromatic nitrogens is 2. The summed E-state index contributed by atoms with van der Waals surface area (Å²) in [5.41, 5.74) is -2.96. The molecule has 1 saturated heterocycles. The van der Waals surface area contributed by atoms with Gasteiger partial charge < -0.3 is 39.5 Å². The molecule has 178 valence electrons. The van der Waals surface area contributed by atoms with Gasteiger partial charge in [0.15, 0.2) is 22.4 Å². The van der Waals surface area contributed by atoms with Crippen LogP contribution in [0.4, 0.5) is 8.78 Å². The van der Waals surface area contributed by atoms with Crippen LogP contribution in [0.15, 0.2) is 6.20 Å². The van der Waals surface area contributed by atoms with Gasteiger partial charge in [-0.3, -0.25) is 9.09 Å². The van der Waals surface area contributed by atoms with E-state index in [4.69, 9.17) is 31.6 Å². The van der Waals surface area contributed by atoms with Crippen LogP contribution in [-0.4, -0.2) is 64.0 Å². The Kier molecular flexibility index (Phi) is 7.93. The smallest absolute Gasteiger partial charge is 0.384 e. The topological polar surface area (TPSA) is 230 Å². The van der Waals surface area contributed by atoms with Crippen LogP contribution in [0.5, 0.6) is 0 Å². The summed E-state index contributed by atoms with van der Waals surface area (Å²) in [6, 6.07) is 0. The summed E-state index contributed by atoms with van der Waals surface area (Å²) in [5.74, 6) is -1.11. The number of alkyl halides is 1. The van der Waals surface area contributed by atoms with Crippen LogP contribution in [0.1, 0.15) is 6.23 Å². The van der Waals surface area contributed by atoms with Gasteiger partial charge in [0.25, 0.3) is 0 Å². The number of hydrogen-bond acceptors (Lipinski definition) is 11. The van der Waals surface area contributed by atoms with E-state index in [9.17, 15) is 37.6 Å². The molecule has 2 rings (SSSR count). The number of aliphatic hydroxyl groups is 2. The van der Waals surface area contributed by atoms with E-state index in [0.717, 1.165) is 0 Å². The van der Waals surface area contributed by atoms with Crippen LogP contribution in [0.2, 0.25) is 0 Å². The van der Waals surface area contributed by atoms with E-state index < -0.39 is 69.6 Å². The van der Waals surface area contributed by atoms with Crippen molar-refractivity contribution in [2.75, 3.05) is 6.67 Å². The summed E-state index contributed by atoms with van der Waals surface area (Å²) in [7, 11) is -17.4. The van der Waals surface area contributed by atoms with E-state index in [1.54, 1.807) is 0 Å². The summed E-state index contributed by atoms with van der Waals surface area (Å²) in [4.78, 5) is 37.8. The molecule has 1 aromatic rings. The van der Waals surface area contributed by atoms with Crippen molar-refractivity contribution in [2.45, 2.75) is 24.2 Å². The van der Waals surface area contributed by atoms with Gasteiger partial charge in [0.1, 0.15) is 17.4 Å². The third-order valence-corrected chi connectivity index (χ3v) is 7.92. The Bertz CT molecular complexity index is 1110. The van der Waals surface area contributed by atoms with Crippen LogP contribution in [0, 0.1) is 15.2 Å². The second-order valence-corrected chi connectivity index (χ2v) is 10.9. The SMILES string of the molecule is O=P(O)(O)OP(=O)(O)OP(=O)(O)O[C@H]1O[C@@H](n2cc(F)c(=S)[nH]c2=S)C(O)(CF)[C@H]1O. The molecule has 1 aliphatic heterocycles. The van der Waals surface area contributed by atoms with E-state index in [2.05, 4.69) is 30.3 Å². The summed E-state index contributed by atoms with van der Waals surface area (Å²) in [6.45, 7) is -1.80. The van der Waals surface area contributed by atoms with Gasteiger partial charge in [-0.05, 0) is 12.2 Å². The van der Waals surface area contributed by atoms with Crippen molar-refractivity contribution in [3.8, 4) is 0 Å². The molecule has 15 nitrogen and oxygen atoms in total. The van der Waals surface area contributed by atoms with Gasteiger partial charge in [-0.2, -0.15) is 8.62 Å². The predicted molar refractivity (Wildman–Crippen MR) is 96.2 cm³/mol. The molecule has 1 aromatic heterocycles. The number of nitrogens with zero attached hydrogens (tertiary/aromatic N) is 1. The van der Waals surface area contributed by atoms with E-state index in [0.29, 0.717) is 10.8 Å². The number of nitrogens with one attached hydrogen (secondary N) is 1. The second-order valence-electron chi connectivity index (χ2n) is 5.77. The maximum atomic E-state index is 13.8. The lowest BCUT2D eigenvalue weighted by Gasteiger charge is -2.28. The summed E-state index contributed by atoms with van der Waals surface area (Å²) >= 11 is 9.44. The number of phosphoric ester groups is 1. The molecule has 1 aliphatic rings. The third-order valence-electron chi connectivity index (χ3n) is 3.50. The minimum atomic E-state index is -5.91. The van der Waals surface area contributed by atoms with Crippen molar-refractivity contribution < 1.29 is 70.1 Å². The molecule has 0 saturated carbocycles. The molecular weight excluding hydrogens is 539 g/mol. The molecule has 0 spiro atoms. The molecule has 0 aliphatic carbocycles. The molecule has 7 N–H and O–H groups in total. The van der Waals surface area contributed by atoms with Gasteiger partial charge >= 0.3 is 23.5 Å². The van der Waals surface area contributed by atoms with Crippen LogP contribution in [0.3, 0.4) is 0 Å². The zero-order valence-electron chi connectivity index (χ0n) is 14.4. The number of H-pyrrole nitrogens is 1. The van der Waals surface area contributed by atoms with Crippen molar-refractivity contribution in [3.05, 3.63) is 21.4 Å². The van der Waals surface area contributed by atoms with Crippen LogP contribution < -0.4 is 0 Å². The average molecular weight is 552 g/mol. The molecule has 1 fully saturated rings. The van der Waals surface area contributed by atoms with Crippen molar-refractivity contribution in [1.29, 1.82) is 0 Å². The molecule has 0 bridgehead atoms. The fourth-order valence-electron chi connectivity index (χ4n) is 2.30. The zero-order valence-corrected chi connectivity index (χ0v) is 18.7. The van der Waals surface area contributed by atoms with Crippen molar-refractivity contribution in [3.63, 3.8) is 0 Å². The molecule has 31 heavy (non-hydrogen) atoms. The third kappa shape index (κ3) is 6.38. The maximum absolute atomic E-state index is 13.8. The normalized spacial score (nSPS) is 30.6. The monoisotopic (exact) mass is 552 g/mol. The molecular formula is C9H13F2N2O13P3S2. The maximum Gasteiger partial charge on any atom is 0.490 e. The van der Waals surface area contributed by atoms with Gasteiger partial charge in [-0.15, -0.1) is 0 Å². The van der Waals surface area contributed by atoms with Crippen molar-refractivity contribution in [2.24, 2.45) is 0 Å². The lowest BCUT2D eigenvalue weighted by molar-refractivity contribution is -0.139. The van der Waals surface area contributed by atoms with E-state index in [-0.39, 0.29) is 0 Å². The summed E-state index contributed by atoms with van der Waals surface area (Å²) < 4.78 is 77.0. The van der Waals surface area contributed by atoms with Gasteiger partial charge in [0.2, 0.25) is 6.29 Å². The van der Waals surface area contributed by atoms with Gasteiger partial charge in [-0.1, -0.05) is 12.2 Å². The first-order chi connectivity index (χ1) is 13.9. The van der Waals surface area contributed by atoms with Crippen LogP contribution in [-0.2, 0) is 31.6 Å². The predicted octanol–water partition coefficient (Wildman–Crippen LogP) is 0.674. The highest BCUT2D eigenvalue weighted by Crippen LogP contribution is 2.67. The highest BCUT2D eigenvalue weighted by molar-refractivity contribution is 7.72. The van der Waals surface area contributed by atoms with Crippen LogP contribution in [0.25, 0.3) is 0 Å². The number of ether oxygens (including phenoxy) is 1. The summed E-state index contributed by atoms with van der Waals surface area (Å²) in [6.07, 6.45) is -6.49. The zero-order chi connectivity index (χ0) is 24.0. The number of halogens is 2. The number of hydrogen-bond donors (Lipinski definition) is 7. The van der Waals surface area contributed by atoms with Gasteiger partial charge in [-0.25, -0.2) is 22.5 Å². The van der Waals surface area contributed by atoms with Crippen molar-refractivity contribution in [1.82, 2.24) is 9.55 Å². The first-order valence-corrected chi connectivity index (χ1v) is 12.7. The highest BCUT2D eigenvalue weighted by Gasteiger charge is 2.59. The Morgan fingerprint density at radius 3 is 2.29 bits per heavy atom. The molecule has 3 unspecified atom stereocenters. The number of phosphoric acid groups is 3. The Hall–Kier alpha value is -0.330. The molecule has 6 atom stereocenters. The van der Waals surface area contributed by atoms with Crippen LogP contribution >= 0.6 is 47.9 Å². The molecule has 2 heterocycles. The first kappa shape index (κ1) is 26.9. The Morgan fingerprint density at radius 1 is 1.19 bits per heavy atom. The Morgan fingerprint density at radius 2 is 1.77 bits per heavy atom. The minimum Gasteiger partial charge on any atom is -0.384 e. The largest absolute Gasteiger partial charge is 0.490 e. The van der Waals surface area contributed by atoms with Gasteiger partial charge in [0, 0.05) is 6.20 Å². The Balaban J connectivity index is 2.33. The fourth-order valence-corrected chi connectivity index (χ4v) is 5.85. The quantitative estimate of drug-likeness (QED) is 0.174. The molecule has 0 amide bonds. The Labute approximate surface area is 180 Å². The van der Waals surface area contributed by atoms with Gasteiger partial charge in [0.05, 0.1) is 0 Å². The number of aliphatic hydroxyl groups excluding tert-OH is 1. The lowest BCUT2D eigenvalue weighted by Crippen LogP contribution is -2.48.